The average molecular weight is 227 g/mol. The predicted octanol–water partition coefficient (Wildman–Crippen LogP) is 0.828. The molecule has 1 fully saturated rings. The lowest BCUT2D eigenvalue weighted by atomic mass is 10.2. The normalized spacial score (nSPS) is 23.2. The molecule has 6 nitrogen and oxygen atoms in total. The molecule has 1 saturated heterocycles. The van der Waals surface area contributed by atoms with E-state index in [1.807, 2.05) is 6.92 Å². The van der Waals surface area contributed by atoms with E-state index >= 15 is 0 Å². The molecule has 0 aromatic carbocycles. The molecule has 0 aliphatic carbocycles. The smallest absolute Gasteiger partial charge is 0.257 e. The fourth-order valence-electron chi connectivity index (χ4n) is 1.69. The first kappa shape index (κ1) is 11.5. The molecule has 1 aromatic heterocycles. The molecule has 6 heteroatoms. The summed E-state index contributed by atoms with van der Waals surface area (Å²) in [6, 6.07) is 0. The van der Waals surface area contributed by atoms with Gasteiger partial charge in [-0.25, -0.2) is 0 Å². The van der Waals surface area contributed by atoms with E-state index in [4.69, 9.17) is 14.0 Å². The third kappa shape index (κ3) is 2.40. The van der Waals surface area contributed by atoms with Crippen LogP contribution in [0, 0.1) is 0 Å². The Morgan fingerprint density at radius 1 is 1.62 bits per heavy atom. The Kier molecular flexibility index (Phi) is 3.87. The summed E-state index contributed by atoms with van der Waals surface area (Å²) in [6.45, 7) is 4.27. The summed E-state index contributed by atoms with van der Waals surface area (Å²) >= 11 is 0. The van der Waals surface area contributed by atoms with E-state index in [9.17, 15) is 0 Å². The van der Waals surface area contributed by atoms with Crippen LogP contribution in [0.3, 0.4) is 0 Å². The zero-order valence-corrected chi connectivity index (χ0v) is 9.60. The van der Waals surface area contributed by atoms with Crippen LogP contribution < -0.4 is 5.32 Å². The SMILES string of the molecule is CCC(OC)c1noc(C2CNCCO2)n1. The van der Waals surface area contributed by atoms with Crippen LogP contribution in [-0.2, 0) is 9.47 Å². The summed E-state index contributed by atoms with van der Waals surface area (Å²) in [5.74, 6) is 1.12. The molecule has 0 amide bonds. The molecule has 0 radical (unpaired) electrons. The fraction of sp³-hybridized carbons (Fsp3) is 0.800. The molecule has 0 bridgehead atoms. The summed E-state index contributed by atoms with van der Waals surface area (Å²) in [6.07, 6.45) is 0.581. The van der Waals surface area contributed by atoms with Crippen LogP contribution >= 0.6 is 0 Å². The number of nitrogens with one attached hydrogen (secondary N) is 1. The highest BCUT2D eigenvalue weighted by Crippen LogP contribution is 2.21. The van der Waals surface area contributed by atoms with Gasteiger partial charge in [0.2, 0.25) is 5.82 Å². The van der Waals surface area contributed by atoms with Crippen LogP contribution in [0.5, 0.6) is 0 Å². The Labute approximate surface area is 94.3 Å². The van der Waals surface area contributed by atoms with Gasteiger partial charge in [0.15, 0.2) is 0 Å². The average Bonchev–Trinajstić information content (AvgIpc) is 2.81. The van der Waals surface area contributed by atoms with E-state index in [-0.39, 0.29) is 12.2 Å². The lowest BCUT2D eigenvalue weighted by Gasteiger charge is -2.19. The summed E-state index contributed by atoms with van der Waals surface area (Å²) in [5.41, 5.74) is 0. The van der Waals surface area contributed by atoms with Gasteiger partial charge in [-0.2, -0.15) is 4.98 Å². The molecule has 0 saturated carbocycles. The van der Waals surface area contributed by atoms with Gasteiger partial charge in [0.05, 0.1) is 6.61 Å². The quantitative estimate of drug-likeness (QED) is 0.821. The zero-order chi connectivity index (χ0) is 11.4. The highest BCUT2D eigenvalue weighted by Gasteiger charge is 2.24. The minimum atomic E-state index is -0.135. The molecular weight excluding hydrogens is 210 g/mol. The lowest BCUT2D eigenvalue weighted by Crippen LogP contribution is -2.33. The first-order valence-corrected chi connectivity index (χ1v) is 5.53. The molecular formula is C10H17N3O3. The molecule has 1 aromatic rings. The molecule has 1 aliphatic rings. The number of rotatable bonds is 4. The van der Waals surface area contributed by atoms with E-state index in [2.05, 4.69) is 15.5 Å². The van der Waals surface area contributed by atoms with Gasteiger partial charge in [-0.3, -0.25) is 0 Å². The summed E-state index contributed by atoms with van der Waals surface area (Å²) in [5, 5.41) is 7.13. The van der Waals surface area contributed by atoms with Crippen molar-refractivity contribution in [1.82, 2.24) is 15.5 Å². The molecule has 16 heavy (non-hydrogen) atoms. The number of hydrogen-bond acceptors (Lipinski definition) is 6. The largest absolute Gasteiger partial charge is 0.373 e. The van der Waals surface area contributed by atoms with E-state index in [1.165, 1.54) is 0 Å². The molecule has 1 N–H and O–H groups in total. The number of methoxy groups -OCH3 is 1. The standard InChI is InChI=1S/C10H17N3O3/c1-3-7(14-2)9-12-10(16-13-9)8-6-11-4-5-15-8/h7-8,11H,3-6H2,1-2H3. The van der Waals surface area contributed by atoms with Crippen molar-refractivity contribution in [3.63, 3.8) is 0 Å². The molecule has 2 heterocycles. The highest BCUT2D eigenvalue weighted by atomic mass is 16.5. The Morgan fingerprint density at radius 2 is 2.50 bits per heavy atom. The second kappa shape index (κ2) is 5.38. The Bertz CT molecular complexity index is 319. The van der Waals surface area contributed by atoms with Crippen LogP contribution in [0.1, 0.15) is 37.3 Å². The predicted molar refractivity (Wildman–Crippen MR) is 55.9 cm³/mol. The topological polar surface area (TPSA) is 69.4 Å². The molecule has 90 valence electrons. The maximum absolute atomic E-state index is 5.52. The second-order valence-corrected chi connectivity index (χ2v) is 3.69. The Morgan fingerprint density at radius 3 is 3.12 bits per heavy atom. The van der Waals surface area contributed by atoms with E-state index in [1.54, 1.807) is 7.11 Å². The third-order valence-corrected chi connectivity index (χ3v) is 2.60. The van der Waals surface area contributed by atoms with Crippen molar-refractivity contribution in [3.8, 4) is 0 Å². The van der Waals surface area contributed by atoms with Crippen molar-refractivity contribution in [2.24, 2.45) is 0 Å². The van der Waals surface area contributed by atoms with Gasteiger partial charge in [0, 0.05) is 20.2 Å². The maximum Gasteiger partial charge on any atom is 0.257 e. The second-order valence-electron chi connectivity index (χ2n) is 3.69. The number of ether oxygens (including phenoxy) is 2. The fourth-order valence-corrected chi connectivity index (χ4v) is 1.69. The van der Waals surface area contributed by atoms with Crippen LogP contribution in [0.25, 0.3) is 0 Å². The Balaban J connectivity index is 2.05. The van der Waals surface area contributed by atoms with Crippen LogP contribution in [0.4, 0.5) is 0 Å². The summed E-state index contributed by atoms with van der Waals surface area (Å²) in [7, 11) is 1.64. The minimum absolute atomic E-state index is 0.103. The number of morpholine rings is 1. The van der Waals surface area contributed by atoms with Crippen molar-refractivity contribution in [1.29, 1.82) is 0 Å². The van der Waals surface area contributed by atoms with Crippen molar-refractivity contribution >= 4 is 0 Å². The molecule has 2 rings (SSSR count). The van der Waals surface area contributed by atoms with Crippen molar-refractivity contribution in [2.75, 3.05) is 26.8 Å². The Hall–Kier alpha value is -0.980. The van der Waals surface area contributed by atoms with Gasteiger partial charge in [0.1, 0.15) is 12.2 Å². The van der Waals surface area contributed by atoms with Gasteiger partial charge in [-0.15, -0.1) is 0 Å². The zero-order valence-electron chi connectivity index (χ0n) is 9.60. The molecule has 0 spiro atoms. The van der Waals surface area contributed by atoms with Crippen LogP contribution in [0.2, 0.25) is 0 Å². The first-order valence-electron chi connectivity index (χ1n) is 5.53. The molecule has 2 atom stereocenters. The van der Waals surface area contributed by atoms with Gasteiger partial charge >= 0.3 is 0 Å². The highest BCUT2D eigenvalue weighted by molar-refractivity contribution is 4.95. The van der Waals surface area contributed by atoms with E-state index in [0.717, 1.165) is 13.0 Å². The van der Waals surface area contributed by atoms with Crippen LogP contribution in [0.15, 0.2) is 4.52 Å². The number of hydrogen-bond donors (Lipinski definition) is 1. The van der Waals surface area contributed by atoms with Gasteiger partial charge in [-0.1, -0.05) is 12.1 Å². The summed E-state index contributed by atoms with van der Waals surface area (Å²) < 4.78 is 16.0. The lowest BCUT2D eigenvalue weighted by molar-refractivity contribution is 0.00754. The summed E-state index contributed by atoms with van der Waals surface area (Å²) in [4.78, 5) is 4.31. The van der Waals surface area contributed by atoms with Crippen LogP contribution in [-0.4, -0.2) is 36.9 Å². The maximum atomic E-state index is 5.52. The van der Waals surface area contributed by atoms with Gasteiger partial charge < -0.3 is 19.3 Å². The molecule has 1 aliphatic heterocycles. The molecule has 2 unspecified atom stereocenters. The monoisotopic (exact) mass is 227 g/mol. The first-order chi connectivity index (χ1) is 7.85. The van der Waals surface area contributed by atoms with E-state index < -0.39 is 0 Å². The van der Waals surface area contributed by atoms with Crippen molar-refractivity contribution < 1.29 is 14.0 Å². The van der Waals surface area contributed by atoms with Crippen molar-refractivity contribution in [2.45, 2.75) is 25.6 Å². The number of aromatic nitrogens is 2. The van der Waals surface area contributed by atoms with Crippen molar-refractivity contribution in [3.05, 3.63) is 11.7 Å². The third-order valence-electron chi connectivity index (χ3n) is 2.60. The van der Waals surface area contributed by atoms with Gasteiger partial charge in [-0.05, 0) is 6.42 Å². The van der Waals surface area contributed by atoms with E-state index in [0.29, 0.717) is 24.9 Å². The number of nitrogens with zero attached hydrogens (tertiary/aromatic N) is 2. The minimum Gasteiger partial charge on any atom is -0.373 e. The van der Waals surface area contributed by atoms with Gasteiger partial charge in [0.25, 0.3) is 5.89 Å².